The van der Waals surface area contributed by atoms with Crippen molar-refractivity contribution in [2.75, 3.05) is 20.1 Å². The molecule has 0 unspecified atom stereocenters. The smallest absolute Gasteiger partial charge is 0.318 e. The summed E-state index contributed by atoms with van der Waals surface area (Å²) in [7, 11) is 2.35. The molecule has 17 heavy (non-hydrogen) atoms. The van der Waals surface area contributed by atoms with E-state index in [4.69, 9.17) is 16.7 Å². The predicted octanol–water partition coefficient (Wildman–Crippen LogP) is -0.00850. The molecule has 0 aromatic heterocycles. The summed E-state index contributed by atoms with van der Waals surface area (Å²) in [5, 5.41) is 7.59. The number of carbonyl (C=O) groups excluding carboxylic acids is 3. The first-order chi connectivity index (χ1) is 7.87. The third-order valence-corrected chi connectivity index (χ3v) is 1.48. The van der Waals surface area contributed by atoms with Crippen molar-refractivity contribution in [1.82, 2.24) is 0 Å². The topological polar surface area (TPSA) is 107 Å². The molecule has 0 aromatic rings. The standard InChI is InChI=1S/C7H10O5.C2H3ClO2/c1-11-6(9)3-5(8)4-7(10)12-2;3-1-2(4)5/h3-4H2,1-2H3;1H2,(H,4,5). The lowest BCUT2D eigenvalue weighted by Crippen LogP contribution is -2.14. The second kappa shape index (κ2) is 10.9. The summed E-state index contributed by atoms with van der Waals surface area (Å²) in [6, 6.07) is 0. The Kier molecular flexibility index (Phi) is 11.4. The highest BCUT2D eigenvalue weighted by molar-refractivity contribution is 6.26. The Balaban J connectivity index is 0. The lowest BCUT2D eigenvalue weighted by molar-refractivity contribution is -0.146. The average molecular weight is 269 g/mol. The van der Waals surface area contributed by atoms with E-state index in [1.54, 1.807) is 0 Å². The number of hydrogen-bond acceptors (Lipinski definition) is 6. The minimum Gasteiger partial charge on any atom is -0.480 e. The molecule has 7 nitrogen and oxygen atoms in total. The molecule has 0 atom stereocenters. The van der Waals surface area contributed by atoms with Gasteiger partial charge in [-0.15, -0.1) is 11.6 Å². The first-order valence-corrected chi connectivity index (χ1v) is 4.83. The first-order valence-electron chi connectivity index (χ1n) is 4.30. The van der Waals surface area contributed by atoms with Crippen LogP contribution < -0.4 is 0 Å². The average Bonchev–Trinajstić information content (AvgIpc) is 2.29. The second-order valence-electron chi connectivity index (χ2n) is 2.57. The number of aliphatic carboxylic acids is 1. The highest BCUT2D eigenvalue weighted by Gasteiger charge is 2.13. The fourth-order valence-electron chi connectivity index (χ4n) is 0.529. The number of esters is 2. The van der Waals surface area contributed by atoms with Crippen LogP contribution in [-0.2, 0) is 28.7 Å². The maximum Gasteiger partial charge on any atom is 0.318 e. The Morgan fingerprint density at radius 3 is 1.47 bits per heavy atom. The predicted molar refractivity (Wildman–Crippen MR) is 56.6 cm³/mol. The van der Waals surface area contributed by atoms with Crippen LogP contribution in [0, 0.1) is 0 Å². The molecule has 0 bridgehead atoms. The van der Waals surface area contributed by atoms with Crippen molar-refractivity contribution < 1.29 is 33.8 Å². The fraction of sp³-hybridized carbons (Fsp3) is 0.556. The van der Waals surface area contributed by atoms with Gasteiger partial charge in [0.25, 0.3) is 0 Å². The summed E-state index contributed by atoms with van der Waals surface area (Å²) in [5.74, 6) is -3.09. The highest BCUT2D eigenvalue weighted by atomic mass is 35.5. The summed E-state index contributed by atoms with van der Waals surface area (Å²) in [5.41, 5.74) is 0. The van der Waals surface area contributed by atoms with Gasteiger partial charge in [-0.2, -0.15) is 0 Å². The zero-order chi connectivity index (χ0) is 13.8. The largest absolute Gasteiger partial charge is 0.480 e. The molecule has 0 amide bonds. The molecule has 0 aliphatic rings. The van der Waals surface area contributed by atoms with E-state index in [2.05, 4.69) is 9.47 Å². The first kappa shape index (κ1) is 17.8. The number of Topliss-reactive ketones (excluding diaryl/α,β-unsaturated/α-hetero) is 1. The Morgan fingerprint density at radius 2 is 1.29 bits per heavy atom. The van der Waals surface area contributed by atoms with Crippen molar-refractivity contribution in [1.29, 1.82) is 0 Å². The van der Waals surface area contributed by atoms with E-state index >= 15 is 0 Å². The van der Waals surface area contributed by atoms with E-state index < -0.39 is 23.7 Å². The number of alkyl halides is 1. The fourth-order valence-corrected chi connectivity index (χ4v) is 0.529. The maximum atomic E-state index is 10.8. The third-order valence-electron chi connectivity index (χ3n) is 1.25. The zero-order valence-electron chi connectivity index (χ0n) is 9.40. The van der Waals surface area contributed by atoms with Gasteiger partial charge in [-0.05, 0) is 0 Å². The van der Waals surface area contributed by atoms with Gasteiger partial charge in [0.1, 0.15) is 18.7 Å². The third kappa shape index (κ3) is 14.4. The van der Waals surface area contributed by atoms with Gasteiger partial charge >= 0.3 is 17.9 Å². The van der Waals surface area contributed by atoms with Crippen LogP contribution in [0.1, 0.15) is 12.8 Å². The Labute approximate surface area is 103 Å². The monoisotopic (exact) mass is 268 g/mol. The van der Waals surface area contributed by atoms with Gasteiger partial charge in [0.15, 0.2) is 5.78 Å². The van der Waals surface area contributed by atoms with Gasteiger partial charge in [0, 0.05) is 0 Å². The Morgan fingerprint density at radius 1 is 1.00 bits per heavy atom. The van der Waals surface area contributed by atoms with Crippen LogP contribution in [0.25, 0.3) is 0 Å². The summed E-state index contributed by atoms with van der Waals surface area (Å²) < 4.78 is 8.45. The number of halogens is 1. The van der Waals surface area contributed by atoms with Crippen molar-refractivity contribution in [3.8, 4) is 0 Å². The zero-order valence-corrected chi connectivity index (χ0v) is 10.2. The van der Waals surface area contributed by atoms with Crippen LogP contribution >= 0.6 is 11.6 Å². The lowest BCUT2D eigenvalue weighted by Gasteiger charge is -1.97. The molecule has 0 rings (SSSR count). The number of ether oxygens (including phenoxy) is 2. The Hall–Kier alpha value is -1.63. The minimum absolute atomic E-state index is 0.306. The maximum absolute atomic E-state index is 10.8. The summed E-state index contributed by atoms with van der Waals surface area (Å²) in [6.07, 6.45) is -0.767. The number of methoxy groups -OCH3 is 2. The van der Waals surface area contributed by atoms with Gasteiger partial charge in [-0.3, -0.25) is 19.2 Å². The van der Waals surface area contributed by atoms with E-state index in [1.165, 1.54) is 14.2 Å². The number of carbonyl (C=O) groups is 4. The molecule has 98 valence electrons. The van der Waals surface area contributed by atoms with Crippen molar-refractivity contribution in [3.63, 3.8) is 0 Å². The summed E-state index contributed by atoms with van der Waals surface area (Å²) >= 11 is 4.74. The number of rotatable bonds is 5. The molecule has 8 heteroatoms. The summed E-state index contributed by atoms with van der Waals surface area (Å²) in [6.45, 7) is 0. The molecule has 0 saturated carbocycles. The van der Waals surface area contributed by atoms with Gasteiger partial charge < -0.3 is 14.6 Å². The quantitative estimate of drug-likeness (QED) is 0.424. The molecule has 1 N–H and O–H groups in total. The van der Waals surface area contributed by atoms with Crippen LogP contribution in [0.4, 0.5) is 0 Å². The molecule has 0 aliphatic heterocycles. The molecule has 0 radical (unpaired) electrons. The number of hydrogen-bond donors (Lipinski definition) is 1. The van der Waals surface area contributed by atoms with E-state index in [1.807, 2.05) is 0 Å². The molecule has 0 aliphatic carbocycles. The van der Waals surface area contributed by atoms with Crippen molar-refractivity contribution in [3.05, 3.63) is 0 Å². The normalized spacial score (nSPS) is 8.41. The molecule has 0 spiro atoms. The van der Waals surface area contributed by atoms with Crippen LogP contribution in [0.15, 0.2) is 0 Å². The minimum atomic E-state index is -0.980. The molecule has 0 saturated heterocycles. The highest BCUT2D eigenvalue weighted by Crippen LogP contribution is 1.93. The van der Waals surface area contributed by atoms with Gasteiger partial charge in [0.2, 0.25) is 0 Å². The van der Waals surface area contributed by atoms with E-state index in [9.17, 15) is 19.2 Å². The molecule has 0 fully saturated rings. The molecular formula is C9H13ClO7. The van der Waals surface area contributed by atoms with Crippen LogP contribution in [0.3, 0.4) is 0 Å². The van der Waals surface area contributed by atoms with Gasteiger partial charge in [0.05, 0.1) is 14.2 Å². The SMILES string of the molecule is COC(=O)CC(=O)CC(=O)OC.O=C(O)CCl. The van der Waals surface area contributed by atoms with Crippen LogP contribution in [-0.4, -0.2) is 48.9 Å². The Bertz CT molecular complexity index is 267. The van der Waals surface area contributed by atoms with Gasteiger partial charge in [-0.25, -0.2) is 0 Å². The van der Waals surface area contributed by atoms with E-state index in [0.29, 0.717) is 0 Å². The van der Waals surface area contributed by atoms with Crippen molar-refractivity contribution in [2.24, 2.45) is 0 Å². The van der Waals surface area contributed by atoms with E-state index in [0.717, 1.165) is 0 Å². The van der Waals surface area contributed by atoms with E-state index in [-0.39, 0.29) is 18.7 Å². The van der Waals surface area contributed by atoms with Crippen LogP contribution in [0.5, 0.6) is 0 Å². The molecule has 0 aromatic carbocycles. The number of carboxylic acid groups (broad SMARTS) is 1. The lowest BCUT2D eigenvalue weighted by atomic mass is 10.2. The summed E-state index contributed by atoms with van der Waals surface area (Å²) in [4.78, 5) is 41.0. The molecular weight excluding hydrogens is 256 g/mol. The number of ketones is 1. The van der Waals surface area contributed by atoms with Crippen molar-refractivity contribution >= 4 is 35.3 Å². The van der Waals surface area contributed by atoms with Crippen molar-refractivity contribution in [2.45, 2.75) is 12.8 Å². The number of carboxylic acids is 1. The van der Waals surface area contributed by atoms with Crippen LogP contribution in [0.2, 0.25) is 0 Å². The molecule has 0 heterocycles. The van der Waals surface area contributed by atoms with Gasteiger partial charge in [-0.1, -0.05) is 0 Å². The second-order valence-corrected chi connectivity index (χ2v) is 2.84.